The van der Waals surface area contributed by atoms with Gasteiger partial charge in [0.2, 0.25) is 0 Å². The summed E-state index contributed by atoms with van der Waals surface area (Å²) < 4.78 is 73.7. The Hall–Kier alpha value is -3.89. The van der Waals surface area contributed by atoms with Crippen molar-refractivity contribution in [1.29, 1.82) is 0 Å². The van der Waals surface area contributed by atoms with Gasteiger partial charge in [-0.05, 0) is 69.6 Å². The van der Waals surface area contributed by atoms with Crippen molar-refractivity contribution in [2.24, 2.45) is 5.41 Å². The van der Waals surface area contributed by atoms with Crippen LogP contribution in [0.1, 0.15) is 68.2 Å². The molecule has 0 unspecified atom stereocenters. The van der Waals surface area contributed by atoms with Crippen LogP contribution in [0.2, 0.25) is 19.6 Å². The molecule has 4 aromatic carbocycles. The second kappa shape index (κ2) is 14.5. The molecular formula is C44H46IrN2OSi-2. The Labute approximate surface area is 317 Å². The molecule has 3 aromatic heterocycles. The van der Waals surface area contributed by atoms with E-state index in [-0.39, 0.29) is 43.0 Å². The van der Waals surface area contributed by atoms with Crippen molar-refractivity contribution in [3.63, 3.8) is 0 Å². The molecule has 0 atom stereocenters. The molecule has 253 valence electrons. The van der Waals surface area contributed by atoms with Gasteiger partial charge < -0.3 is 14.4 Å². The standard InChI is InChI=1S/C27H24NO.C17H22NSi.Ir/c1-17-16-28-24(13-20(17)15-27(2,3)4)22-11-7-10-21-23-12-18-8-5-6-9-19(18)14-25(23)29-26(21)22;1-13(2)15-11-16(14-9-7-6-8-10-14)18-12-17(15)19(3,4)5;/h5-10,12-14,16H,15H2,1-4H3;6-9,11-13H,1-5H3;/q2*-1;/i1D3,13D,15D2,16D;13D;. The van der Waals surface area contributed by atoms with Crippen molar-refractivity contribution in [2.45, 2.75) is 73.4 Å². The molecule has 0 saturated carbocycles. The summed E-state index contributed by atoms with van der Waals surface area (Å²) in [6.07, 6.45) is -0.842. The van der Waals surface area contributed by atoms with Gasteiger partial charge in [-0.15, -0.1) is 54.1 Å². The predicted octanol–water partition coefficient (Wildman–Crippen LogP) is 11.7. The van der Waals surface area contributed by atoms with Crippen LogP contribution in [0.25, 0.3) is 55.2 Å². The minimum absolute atomic E-state index is 0. The van der Waals surface area contributed by atoms with Crippen LogP contribution in [0.15, 0.2) is 102 Å². The molecule has 0 N–H and O–H groups in total. The summed E-state index contributed by atoms with van der Waals surface area (Å²) >= 11 is 0. The zero-order valence-corrected chi connectivity index (χ0v) is 32.6. The third kappa shape index (κ3) is 8.12. The summed E-state index contributed by atoms with van der Waals surface area (Å²) in [6, 6.07) is 31.2. The molecule has 0 aliphatic rings. The molecule has 7 aromatic rings. The van der Waals surface area contributed by atoms with E-state index < -0.39 is 44.3 Å². The van der Waals surface area contributed by atoms with Crippen LogP contribution in [0.3, 0.4) is 0 Å². The number of nitrogens with zero attached hydrogens (tertiary/aromatic N) is 2. The van der Waals surface area contributed by atoms with Gasteiger partial charge >= 0.3 is 0 Å². The van der Waals surface area contributed by atoms with E-state index in [1.54, 1.807) is 26.8 Å². The Morgan fingerprint density at radius 2 is 1.65 bits per heavy atom. The van der Waals surface area contributed by atoms with Crippen LogP contribution in [0.4, 0.5) is 0 Å². The number of furan rings is 1. The smallest absolute Gasteiger partial charge is 0.121 e. The van der Waals surface area contributed by atoms with Gasteiger partial charge in [0, 0.05) is 46.1 Å². The zero-order valence-electron chi connectivity index (χ0n) is 37.2. The molecule has 0 amide bonds. The quantitative estimate of drug-likeness (QED) is 0.128. The first kappa shape index (κ1) is 26.9. The van der Waals surface area contributed by atoms with E-state index in [4.69, 9.17) is 15.4 Å². The van der Waals surface area contributed by atoms with Crippen molar-refractivity contribution in [3.8, 4) is 22.5 Å². The number of fused-ring (bicyclic) bond motifs is 4. The minimum Gasteiger partial charge on any atom is -0.501 e. The number of hydrogen-bond donors (Lipinski definition) is 0. The molecular weight excluding hydrogens is 793 g/mol. The fraction of sp³-hybridized carbons (Fsp3) is 0.273. The summed E-state index contributed by atoms with van der Waals surface area (Å²) in [5.41, 5.74) is 2.32. The molecule has 1 radical (unpaired) electrons. The van der Waals surface area contributed by atoms with Crippen LogP contribution in [-0.4, -0.2) is 18.0 Å². The molecule has 0 aliphatic carbocycles. The fourth-order valence-electron chi connectivity index (χ4n) is 5.73. The van der Waals surface area contributed by atoms with Crippen molar-refractivity contribution < 1.29 is 35.5 Å². The van der Waals surface area contributed by atoms with E-state index in [0.29, 0.717) is 11.2 Å². The van der Waals surface area contributed by atoms with Gasteiger partial charge in [-0.1, -0.05) is 113 Å². The number of aromatic nitrogens is 2. The monoisotopic (exact) mass is 847 g/mol. The summed E-state index contributed by atoms with van der Waals surface area (Å²) in [6.45, 7) is 12.9. The molecule has 7 rings (SSSR count). The van der Waals surface area contributed by atoms with Crippen LogP contribution >= 0.6 is 0 Å². The fourth-order valence-corrected chi connectivity index (χ4v) is 7.31. The summed E-state index contributed by atoms with van der Waals surface area (Å²) in [5, 5.41) is 4.94. The van der Waals surface area contributed by atoms with Crippen LogP contribution in [0.5, 0.6) is 0 Å². The van der Waals surface area contributed by atoms with Gasteiger partial charge in [0.1, 0.15) is 5.58 Å². The van der Waals surface area contributed by atoms with Gasteiger partial charge in [-0.25, -0.2) is 0 Å². The maximum atomic E-state index is 8.97. The van der Waals surface area contributed by atoms with E-state index in [1.165, 1.54) is 5.19 Å². The number of pyridine rings is 2. The first-order valence-corrected chi connectivity index (χ1v) is 19.7. The van der Waals surface area contributed by atoms with Crippen molar-refractivity contribution in [2.75, 3.05) is 0 Å². The van der Waals surface area contributed by atoms with Crippen molar-refractivity contribution in [3.05, 3.63) is 126 Å². The van der Waals surface area contributed by atoms with E-state index in [1.807, 2.05) is 86.8 Å². The van der Waals surface area contributed by atoms with Gasteiger partial charge in [0.05, 0.1) is 16.4 Å². The molecule has 0 saturated heterocycles. The molecule has 5 heteroatoms. The van der Waals surface area contributed by atoms with Crippen LogP contribution in [-0.2, 0) is 26.5 Å². The van der Waals surface area contributed by atoms with Gasteiger partial charge in [-0.2, -0.15) is 0 Å². The maximum Gasteiger partial charge on any atom is 0.121 e. The first-order chi connectivity index (χ1) is 25.9. The van der Waals surface area contributed by atoms with Gasteiger partial charge in [0.15, 0.2) is 0 Å². The average Bonchev–Trinajstić information content (AvgIpc) is 3.47. The third-order valence-corrected chi connectivity index (χ3v) is 10.1. The minimum atomic E-state index is -2.82. The SMILES string of the molecule is [2H]C(C)(C)c1cc(-c2[c-]cccc2)ncc1[Si](C)(C)C.[2H]c1nc(-c2[c-]ccc3c2oc2cc4ccccc4cc23)c([2H])c(C([2H])([2H])C(C)(C)C)c1C([2H])([2H])[2H].[Ir]. The van der Waals surface area contributed by atoms with Crippen LogP contribution < -0.4 is 5.19 Å². The largest absolute Gasteiger partial charge is 0.501 e. The third-order valence-electron chi connectivity index (χ3n) is 8.04. The molecule has 0 aliphatic heterocycles. The summed E-state index contributed by atoms with van der Waals surface area (Å²) in [5.74, 6) is -0.609. The summed E-state index contributed by atoms with van der Waals surface area (Å²) in [4.78, 5) is 8.81. The molecule has 0 fully saturated rings. The second-order valence-electron chi connectivity index (χ2n) is 14.4. The van der Waals surface area contributed by atoms with E-state index >= 15 is 0 Å². The number of benzene rings is 4. The molecule has 3 nitrogen and oxygen atoms in total. The van der Waals surface area contributed by atoms with Crippen molar-refractivity contribution >= 4 is 46.0 Å². The predicted molar refractivity (Wildman–Crippen MR) is 207 cm³/mol. The Balaban J connectivity index is 0.000000251. The Morgan fingerprint density at radius 3 is 2.31 bits per heavy atom. The van der Waals surface area contributed by atoms with E-state index in [9.17, 15) is 0 Å². The summed E-state index contributed by atoms with van der Waals surface area (Å²) in [7, 11) is -1.50. The van der Waals surface area contributed by atoms with E-state index in [0.717, 1.165) is 38.4 Å². The first-order valence-electron chi connectivity index (χ1n) is 20.2. The molecule has 0 spiro atoms. The normalized spacial score (nSPS) is 15.0. The Morgan fingerprint density at radius 1 is 0.918 bits per heavy atom. The topological polar surface area (TPSA) is 38.9 Å². The van der Waals surface area contributed by atoms with Crippen molar-refractivity contribution in [1.82, 2.24) is 9.97 Å². The number of hydrogen-bond acceptors (Lipinski definition) is 3. The maximum absolute atomic E-state index is 8.97. The zero-order chi connectivity index (χ0) is 41.2. The molecule has 0 bridgehead atoms. The average molecular weight is 847 g/mol. The number of rotatable bonds is 5. The second-order valence-corrected chi connectivity index (χ2v) is 19.4. The molecule has 3 heterocycles. The van der Waals surface area contributed by atoms with E-state index in [2.05, 4.69) is 47.8 Å². The van der Waals surface area contributed by atoms with Gasteiger partial charge in [-0.3, -0.25) is 0 Å². The van der Waals surface area contributed by atoms with Gasteiger partial charge in [0.25, 0.3) is 0 Å². The Bertz CT molecular complexity index is 2590. The van der Waals surface area contributed by atoms with Crippen LogP contribution in [0, 0.1) is 24.4 Å². The molecule has 49 heavy (non-hydrogen) atoms. The Kier molecular flexibility index (Phi) is 7.98.